The van der Waals surface area contributed by atoms with Crippen LogP contribution in [0.15, 0.2) is 58.3 Å². The first-order valence-electron chi connectivity index (χ1n) is 11.7. The number of nitrogens with zero attached hydrogens (tertiary/aromatic N) is 1. The van der Waals surface area contributed by atoms with E-state index >= 15 is 0 Å². The van der Waals surface area contributed by atoms with E-state index in [1.807, 2.05) is 25.1 Å². The molecule has 5 aliphatic rings. The summed E-state index contributed by atoms with van der Waals surface area (Å²) >= 11 is 0. The van der Waals surface area contributed by atoms with Crippen molar-refractivity contribution in [1.29, 1.82) is 0 Å². The van der Waals surface area contributed by atoms with Gasteiger partial charge in [-0.2, -0.15) is 4.89 Å². The average molecular weight is 486 g/mol. The molecule has 1 saturated heterocycles. The Morgan fingerprint density at radius 2 is 1.73 bits per heavy atom. The molecule has 1 unspecified atom stereocenters. The summed E-state index contributed by atoms with van der Waals surface area (Å²) < 4.78 is 6.45. The molecule has 8 heteroatoms. The zero-order valence-electron chi connectivity index (χ0n) is 18.5. The van der Waals surface area contributed by atoms with Crippen molar-refractivity contribution in [1.82, 2.24) is 0 Å². The van der Waals surface area contributed by atoms with E-state index in [0.29, 0.717) is 23.3 Å². The van der Waals surface area contributed by atoms with Gasteiger partial charge in [-0.1, -0.05) is 35.1 Å². The lowest BCUT2D eigenvalue weighted by molar-refractivity contribution is -0.648. The molecule has 0 radical (unpaired) electrons. The summed E-state index contributed by atoms with van der Waals surface area (Å²) in [6, 6.07) is 15.1. The summed E-state index contributed by atoms with van der Waals surface area (Å²) in [5, 5.41) is 11.4. The zero-order chi connectivity index (χ0) is 22.6. The lowest BCUT2D eigenvalue weighted by atomic mass is 9.47. The monoisotopic (exact) mass is 485 g/mol. The van der Waals surface area contributed by atoms with Crippen molar-refractivity contribution >= 4 is 27.3 Å². The Kier molecular flexibility index (Phi) is 5.49. The minimum absolute atomic E-state index is 0.125. The van der Waals surface area contributed by atoms with Crippen LogP contribution in [0.3, 0.4) is 0 Å². The molecule has 0 aromatic heterocycles. The van der Waals surface area contributed by atoms with Gasteiger partial charge in [0.25, 0.3) is 11.5 Å². The van der Waals surface area contributed by atoms with Gasteiger partial charge in [0.1, 0.15) is 0 Å². The van der Waals surface area contributed by atoms with Gasteiger partial charge >= 0.3 is 0 Å². The third-order valence-electron chi connectivity index (χ3n) is 8.01. The number of nitro groups is 1. The van der Waals surface area contributed by atoms with Gasteiger partial charge in [0.2, 0.25) is 0 Å². The van der Waals surface area contributed by atoms with Crippen LogP contribution in [0, 0.1) is 33.8 Å². The molecule has 1 heterocycles. The van der Waals surface area contributed by atoms with Crippen LogP contribution >= 0.6 is 21.6 Å². The number of hydrogen-bond acceptors (Lipinski definition) is 7. The first-order chi connectivity index (χ1) is 16.1. The van der Waals surface area contributed by atoms with Crippen molar-refractivity contribution in [2.45, 2.75) is 60.2 Å². The molecule has 5 fully saturated rings. The molecule has 6 nitrogen and oxygen atoms in total. The fourth-order valence-corrected chi connectivity index (χ4v) is 9.14. The molecule has 2 aromatic carbocycles. The van der Waals surface area contributed by atoms with Crippen molar-refractivity contribution in [3.63, 3.8) is 0 Å². The molecule has 4 bridgehead atoms. The molecular weight excluding hydrogens is 458 g/mol. The number of hydrogen-bond donors (Lipinski definition) is 0. The highest BCUT2D eigenvalue weighted by Gasteiger charge is 2.76. The molecule has 1 atom stereocenters. The second-order valence-electron chi connectivity index (χ2n) is 9.73. The van der Waals surface area contributed by atoms with Gasteiger partial charge < -0.3 is 4.74 Å². The second kappa shape index (κ2) is 8.27. The molecule has 2 aromatic rings. The largest absolute Gasteiger partial charge is 0.342 e. The van der Waals surface area contributed by atoms with Crippen LogP contribution in [0.4, 0.5) is 5.69 Å². The van der Waals surface area contributed by atoms with Gasteiger partial charge in [0.15, 0.2) is 5.60 Å². The maximum Gasteiger partial charge on any atom is 0.283 e. The first-order valence-corrected chi connectivity index (χ1v) is 13.9. The minimum Gasteiger partial charge on any atom is -0.342 e. The summed E-state index contributed by atoms with van der Waals surface area (Å²) in [5.74, 6) is 1.69. The predicted molar refractivity (Wildman–Crippen MR) is 127 cm³/mol. The Morgan fingerprint density at radius 1 is 1.00 bits per heavy atom. The minimum atomic E-state index is -0.885. The highest BCUT2D eigenvalue weighted by Crippen LogP contribution is 2.69. The number of para-hydroxylation sites is 1. The summed E-state index contributed by atoms with van der Waals surface area (Å²) in [5.41, 5.74) is 0.696. The van der Waals surface area contributed by atoms with E-state index in [1.165, 1.54) is 53.7 Å². The standard InChI is InChI=1S/C25H27NO5S2/c1-2-29-25(24(30-31-25)19-11-16-10-17(13-19)14-20(24)12-16)18-6-5-7-21(15-18)32-33-23-9-4-3-8-22(23)26(27)28/h3-9,15-17,19-20H,2,10-14H2,1H3. The Labute approximate surface area is 201 Å². The number of rotatable bonds is 7. The van der Waals surface area contributed by atoms with Crippen molar-refractivity contribution < 1.29 is 19.4 Å². The quantitative estimate of drug-likeness (QED) is 0.186. The molecule has 7 rings (SSSR count). The van der Waals surface area contributed by atoms with Crippen LogP contribution in [-0.2, 0) is 20.3 Å². The van der Waals surface area contributed by atoms with Crippen molar-refractivity contribution in [3.8, 4) is 0 Å². The van der Waals surface area contributed by atoms with Gasteiger partial charge in [-0.05, 0) is 91.7 Å². The predicted octanol–water partition coefficient (Wildman–Crippen LogP) is 6.74. The van der Waals surface area contributed by atoms with E-state index in [4.69, 9.17) is 14.5 Å². The van der Waals surface area contributed by atoms with Gasteiger partial charge in [0, 0.05) is 23.1 Å². The molecule has 4 aliphatic carbocycles. The summed E-state index contributed by atoms with van der Waals surface area (Å²) in [7, 11) is 2.91. The van der Waals surface area contributed by atoms with Crippen LogP contribution < -0.4 is 0 Å². The number of ether oxygens (including phenoxy) is 1. The van der Waals surface area contributed by atoms with E-state index < -0.39 is 11.4 Å². The van der Waals surface area contributed by atoms with E-state index in [0.717, 1.165) is 22.3 Å². The van der Waals surface area contributed by atoms with Crippen LogP contribution in [0.25, 0.3) is 0 Å². The zero-order valence-corrected chi connectivity index (χ0v) is 20.1. The molecule has 33 heavy (non-hydrogen) atoms. The molecular formula is C25H27NO5S2. The maximum atomic E-state index is 11.4. The van der Waals surface area contributed by atoms with Crippen LogP contribution in [0.2, 0.25) is 0 Å². The van der Waals surface area contributed by atoms with Gasteiger partial charge in [-0.25, -0.2) is 4.89 Å². The third-order valence-corrected chi connectivity index (χ3v) is 10.4. The van der Waals surface area contributed by atoms with Crippen molar-refractivity contribution in [2.75, 3.05) is 6.61 Å². The first kappa shape index (κ1) is 21.9. The Bertz CT molecular complexity index is 1050. The third kappa shape index (κ3) is 3.29. The van der Waals surface area contributed by atoms with E-state index in [9.17, 15) is 10.1 Å². The summed E-state index contributed by atoms with van der Waals surface area (Å²) in [6.45, 7) is 2.55. The van der Waals surface area contributed by atoms with Gasteiger partial charge in [-0.3, -0.25) is 10.1 Å². The van der Waals surface area contributed by atoms with E-state index in [-0.39, 0.29) is 10.6 Å². The molecule has 174 valence electrons. The molecule has 4 saturated carbocycles. The average Bonchev–Trinajstić information content (AvgIpc) is 2.80. The highest BCUT2D eigenvalue weighted by atomic mass is 33.1. The van der Waals surface area contributed by atoms with Gasteiger partial charge in [-0.15, -0.1) is 0 Å². The number of nitro benzene ring substituents is 1. The lowest BCUT2D eigenvalue weighted by Gasteiger charge is -2.68. The fraction of sp³-hybridized carbons (Fsp3) is 0.520. The lowest BCUT2D eigenvalue weighted by Crippen LogP contribution is -2.76. The van der Waals surface area contributed by atoms with Crippen molar-refractivity contribution in [3.05, 3.63) is 64.2 Å². The summed E-state index contributed by atoms with van der Waals surface area (Å²) in [6.07, 6.45) is 6.18. The van der Waals surface area contributed by atoms with Crippen LogP contribution in [0.5, 0.6) is 0 Å². The summed E-state index contributed by atoms with van der Waals surface area (Å²) in [4.78, 5) is 24.8. The molecule has 1 aliphatic heterocycles. The van der Waals surface area contributed by atoms with E-state index in [1.54, 1.807) is 18.2 Å². The fourth-order valence-electron chi connectivity index (χ4n) is 6.99. The maximum absolute atomic E-state index is 11.4. The second-order valence-corrected chi connectivity index (χ2v) is 12.0. The Morgan fingerprint density at radius 3 is 2.36 bits per heavy atom. The molecule has 0 N–H and O–H groups in total. The smallest absolute Gasteiger partial charge is 0.283 e. The van der Waals surface area contributed by atoms with Crippen LogP contribution in [-0.4, -0.2) is 17.1 Å². The SMILES string of the molecule is CCOC1(c2cccc(SSc3ccccc3[N+](=O)[O-])c2)OOC12C1CC3CC(C1)CC2C3. The van der Waals surface area contributed by atoms with Gasteiger partial charge in [0.05, 0.1) is 9.82 Å². The van der Waals surface area contributed by atoms with E-state index in [2.05, 4.69) is 12.1 Å². The Balaban J connectivity index is 1.30. The molecule has 0 amide bonds. The van der Waals surface area contributed by atoms with Crippen molar-refractivity contribution in [2.24, 2.45) is 23.7 Å². The molecule has 1 spiro atoms. The number of benzene rings is 2. The topological polar surface area (TPSA) is 70.8 Å². The highest BCUT2D eigenvalue weighted by molar-refractivity contribution is 8.76. The normalized spacial score (nSPS) is 36.2. The Hall–Kier alpha value is -1.58. The van der Waals surface area contributed by atoms with Crippen LogP contribution in [0.1, 0.15) is 44.6 Å².